The summed E-state index contributed by atoms with van der Waals surface area (Å²) in [5.41, 5.74) is 6.70. The second-order valence-electron chi connectivity index (χ2n) is 5.49. The predicted octanol–water partition coefficient (Wildman–Crippen LogP) is 3.37. The van der Waals surface area contributed by atoms with Crippen molar-refractivity contribution >= 4 is 0 Å². The van der Waals surface area contributed by atoms with Crippen molar-refractivity contribution in [1.29, 1.82) is 0 Å². The third-order valence-electron chi connectivity index (χ3n) is 3.75. The van der Waals surface area contributed by atoms with E-state index in [9.17, 15) is 4.39 Å². The summed E-state index contributed by atoms with van der Waals surface area (Å²) in [7, 11) is 0. The molecule has 0 radical (unpaired) electrons. The Morgan fingerprint density at radius 3 is 2.65 bits per heavy atom. The fourth-order valence-electron chi connectivity index (χ4n) is 2.81. The summed E-state index contributed by atoms with van der Waals surface area (Å²) in [5, 5.41) is 0. The molecule has 94 valence electrons. The van der Waals surface area contributed by atoms with Gasteiger partial charge in [-0.2, -0.15) is 0 Å². The van der Waals surface area contributed by atoms with E-state index in [-0.39, 0.29) is 5.82 Å². The number of pyridine rings is 1. The average molecular weight is 236 g/mol. The van der Waals surface area contributed by atoms with Crippen molar-refractivity contribution in [2.24, 2.45) is 11.7 Å². The van der Waals surface area contributed by atoms with Crippen LogP contribution in [0, 0.1) is 11.7 Å². The predicted molar refractivity (Wildman–Crippen MR) is 66.9 cm³/mol. The first-order valence-electron chi connectivity index (χ1n) is 6.49. The Hall–Kier alpha value is -0.960. The van der Waals surface area contributed by atoms with E-state index in [4.69, 9.17) is 5.73 Å². The summed E-state index contributed by atoms with van der Waals surface area (Å²) in [5.74, 6) is 0.396. The van der Waals surface area contributed by atoms with Crippen molar-refractivity contribution in [3.63, 3.8) is 0 Å². The molecule has 0 amide bonds. The lowest BCUT2D eigenvalue weighted by atomic mass is 9.79. The minimum atomic E-state index is -0.435. The topological polar surface area (TPSA) is 38.9 Å². The minimum absolute atomic E-state index is 0.304. The van der Waals surface area contributed by atoms with Crippen LogP contribution in [-0.2, 0) is 5.54 Å². The molecule has 1 aromatic rings. The second-order valence-corrected chi connectivity index (χ2v) is 5.49. The van der Waals surface area contributed by atoms with Crippen LogP contribution in [-0.4, -0.2) is 4.98 Å². The lowest BCUT2D eigenvalue weighted by molar-refractivity contribution is 0.268. The molecule has 1 fully saturated rings. The largest absolute Gasteiger partial charge is 0.320 e. The molecule has 3 heteroatoms. The number of halogens is 1. The maximum atomic E-state index is 12.8. The van der Waals surface area contributed by atoms with Gasteiger partial charge in [-0.3, -0.25) is 4.98 Å². The Morgan fingerprint density at radius 1 is 1.35 bits per heavy atom. The summed E-state index contributed by atoms with van der Waals surface area (Å²) in [4.78, 5) is 4.12. The number of hydrogen-bond acceptors (Lipinski definition) is 2. The molecule has 0 saturated heterocycles. The lowest BCUT2D eigenvalue weighted by Gasteiger charge is -2.31. The summed E-state index contributed by atoms with van der Waals surface area (Å²) in [6.07, 6.45) is 8.73. The third-order valence-corrected chi connectivity index (χ3v) is 3.75. The number of aromatic nitrogens is 1. The molecule has 1 heterocycles. The van der Waals surface area contributed by atoms with Crippen LogP contribution >= 0.6 is 0 Å². The number of rotatable bonds is 3. The van der Waals surface area contributed by atoms with Crippen LogP contribution in [0.4, 0.5) is 4.39 Å². The van der Waals surface area contributed by atoms with Crippen molar-refractivity contribution in [1.82, 2.24) is 4.98 Å². The van der Waals surface area contributed by atoms with Gasteiger partial charge in [0.25, 0.3) is 0 Å². The average Bonchev–Trinajstić information content (AvgIpc) is 2.30. The standard InChI is InChI=1S/C14H21FN2/c1-14(16,9-11-5-3-2-4-6-11)13-8-7-12(15)10-17-13/h7-8,10-11H,2-6,9,16H2,1H3. The van der Waals surface area contributed by atoms with Crippen LogP contribution in [0.1, 0.15) is 51.1 Å². The fourth-order valence-corrected chi connectivity index (χ4v) is 2.81. The van der Waals surface area contributed by atoms with Gasteiger partial charge >= 0.3 is 0 Å². The van der Waals surface area contributed by atoms with E-state index in [1.807, 2.05) is 6.92 Å². The smallest absolute Gasteiger partial charge is 0.141 e. The summed E-state index contributed by atoms with van der Waals surface area (Å²) in [6.45, 7) is 2.00. The van der Waals surface area contributed by atoms with E-state index in [2.05, 4.69) is 4.98 Å². The number of hydrogen-bond donors (Lipinski definition) is 1. The van der Waals surface area contributed by atoms with Gasteiger partial charge < -0.3 is 5.73 Å². The maximum Gasteiger partial charge on any atom is 0.141 e. The lowest BCUT2D eigenvalue weighted by Crippen LogP contribution is -2.36. The number of nitrogens with zero attached hydrogens (tertiary/aromatic N) is 1. The zero-order chi connectivity index (χ0) is 12.3. The normalized spacial score (nSPS) is 21.1. The maximum absolute atomic E-state index is 12.8. The van der Waals surface area contributed by atoms with E-state index in [0.717, 1.165) is 12.1 Å². The van der Waals surface area contributed by atoms with Crippen LogP contribution in [0.25, 0.3) is 0 Å². The first kappa shape index (κ1) is 12.5. The Balaban J connectivity index is 2.04. The Labute approximate surface area is 102 Å². The summed E-state index contributed by atoms with van der Waals surface area (Å²) < 4.78 is 12.8. The van der Waals surface area contributed by atoms with E-state index < -0.39 is 5.54 Å². The molecule has 2 rings (SSSR count). The van der Waals surface area contributed by atoms with Crippen LogP contribution in [0.2, 0.25) is 0 Å². The third kappa shape index (κ3) is 3.25. The van der Waals surface area contributed by atoms with Gasteiger partial charge in [0, 0.05) is 0 Å². The van der Waals surface area contributed by atoms with Crippen molar-refractivity contribution in [3.8, 4) is 0 Å². The molecule has 2 nitrogen and oxygen atoms in total. The van der Waals surface area contributed by atoms with E-state index in [0.29, 0.717) is 5.92 Å². The van der Waals surface area contributed by atoms with E-state index in [1.165, 1.54) is 44.4 Å². The highest BCUT2D eigenvalue weighted by Crippen LogP contribution is 2.33. The molecule has 1 atom stereocenters. The van der Waals surface area contributed by atoms with E-state index in [1.54, 1.807) is 6.07 Å². The zero-order valence-electron chi connectivity index (χ0n) is 10.5. The SMILES string of the molecule is CC(N)(CC1CCCCC1)c1ccc(F)cn1. The molecule has 0 spiro atoms. The van der Waals surface area contributed by atoms with Gasteiger partial charge in [0.15, 0.2) is 0 Å². The Bertz CT molecular complexity index is 353. The Morgan fingerprint density at radius 2 is 2.06 bits per heavy atom. The molecule has 17 heavy (non-hydrogen) atoms. The second kappa shape index (κ2) is 5.13. The van der Waals surface area contributed by atoms with Gasteiger partial charge in [-0.15, -0.1) is 0 Å². The van der Waals surface area contributed by atoms with Gasteiger partial charge in [-0.05, 0) is 31.4 Å². The molecule has 1 aliphatic carbocycles. The first-order valence-corrected chi connectivity index (χ1v) is 6.49. The molecule has 0 aliphatic heterocycles. The molecule has 1 aliphatic rings. The zero-order valence-corrected chi connectivity index (χ0v) is 10.5. The van der Waals surface area contributed by atoms with Gasteiger partial charge in [0.2, 0.25) is 0 Å². The van der Waals surface area contributed by atoms with Gasteiger partial charge in [0.1, 0.15) is 5.82 Å². The molecule has 1 unspecified atom stereocenters. The summed E-state index contributed by atoms with van der Waals surface area (Å²) >= 11 is 0. The van der Waals surface area contributed by atoms with Crippen LogP contribution in [0.5, 0.6) is 0 Å². The first-order chi connectivity index (χ1) is 8.08. The molecule has 1 aromatic heterocycles. The number of nitrogens with two attached hydrogens (primary N) is 1. The minimum Gasteiger partial charge on any atom is -0.320 e. The van der Waals surface area contributed by atoms with Gasteiger partial charge in [0.05, 0.1) is 17.4 Å². The fraction of sp³-hybridized carbons (Fsp3) is 0.643. The molecular formula is C14H21FN2. The van der Waals surface area contributed by atoms with Crippen molar-refractivity contribution in [2.75, 3.05) is 0 Å². The van der Waals surface area contributed by atoms with Crippen molar-refractivity contribution < 1.29 is 4.39 Å². The van der Waals surface area contributed by atoms with Crippen LogP contribution in [0.3, 0.4) is 0 Å². The molecule has 0 aromatic carbocycles. The van der Waals surface area contributed by atoms with Crippen LogP contribution < -0.4 is 5.73 Å². The molecular weight excluding hydrogens is 215 g/mol. The quantitative estimate of drug-likeness (QED) is 0.874. The summed E-state index contributed by atoms with van der Waals surface area (Å²) in [6, 6.07) is 3.15. The highest BCUT2D eigenvalue weighted by Gasteiger charge is 2.27. The monoisotopic (exact) mass is 236 g/mol. The van der Waals surface area contributed by atoms with E-state index >= 15 is 0 Å². The molecule has 0 bridgehead atoms. The van der Waals surface area contributed by atoms with Gasteiger partial charge in [-0.25, -0.2) is 4.39 Å². The molecule has 2 N–H and O–H groups in total. The highest BCUT2D eigenvalue weighted by atomic mass is 19.1. The Kier molecular flexibility index (Phi) is 3.77. The molecule has 1 saturated carbocycles. The van der Waals surface area contributed by atoms with Gasteiger partial charge in [-0.1, -0.05) is 32.1 Å². The van der Waals surface area contributed by atoms with Crippen molar-refractivity contribution in [2.45, 2.75) is 51.0 Å². The van der Waals surface area contributed by atoms with Crippen molar-refractivity contribution in [3.05, 3.63) is 29.8 Å². The highest BCUT2D eigenvalue weighted by molar-refractivity contribution is 5.14. The van der Waals surface area contributed by atoms with Crippen LogP contribution in [0.15, 0.2) is 18.3 Å².